The van der Waals surface area contributed by atoms with Gasteiger partial charge in [-0.2, -0.15) is 5.26 Å². The minimum absolute atomic E-state index is 0.0460. The van der Waals surface area contributed by atoms with Gasteiger partial charge in [-0.05, 0) is 30.5 Å². The van der Waals surface area contributed by atoms with Crippen molar-refractivity contribution < 1.29 is 8.78 Å². The Balaban J connectivity index is 1.89. The third-order valence-corrected chi connectivity index (χ3v) is 6.17. The van der Waals surface area contributed by atoms with Crippen LogP contribution in [0.2, 0.25) is 0 Å². The number of nitrogens with zero attached hydrogens (tertiary/aromatic N) is 4. The minimum Gasteiger partial charge on any atom is -0.341 e. The molecular weight excluding hydrogens is 396 g/mol. The van der Waals surface area contributed by atoms with E-state index in [9.17, 15) is 18.8 Å². The topological polar surface area (TPSA) is 87.9 Å². The lowest BCUT2D eigenvalue weighted by Crippen LogP contribution is -2.45. The molecule has 0 unspecified atom stereocenters. The van der Waals surface area contributed by atoms with Crippen LogP contribution in [0, 0.1) is 11.3 Å². The molecule has 1 saturated heterocycles. The molecule has 2 N–H and O–H groups in total. The third-order valence-electron chi connectivity index (χ3n) is 5.05. The van der Waals surface area contributed by atoms with Gasteiger partial charge in [0.1, 0.15) is 4.70 Å². The van der Waals surface area contributed by atoms with E-state index in [1.165, 1.54) is 10.6 Å². The van der Waals surface area contributed by atoms with E-state index in [0.29, 0.717) is 30.2 Å². The Morgan fingerprint density at radius 1 is 1.38 bits per heavy atom. The lowest BCUT2D eigenvalue weighted by Gasteiger charge is -2.33. The molecule has 9 heteroatoms. The Bertz CT molecular complexity index is 1150. The highest BCUT2D eigenvalue weighted by atomic mass is 32.1. The Morgan fingerprint density at radius 3 is 2.90 bits per heavy atom. The van der Waals surface area contributed by atoms with Crippen molar-refractivity contribution in [2.75, 3.05) is 18.0 Å². The maximum atomic E-state index is 13.3. The molecule has 1 aromatic carbocycles. The van der Waals surface area contributed by atoms with Gasteiger partial charge in [0.05, 0.1) is 28.6 Å². The molecule has 1 atom stereocenters. The van der Waals surface area contributed by atoms with Crippen molar-refractivity contribution in [3.63, 3.8) is 0 Å². The summed E-state index contributed by atoms with van der Waals surface area (Å²) in [6.45, 7) is 1.34. The maximum Gasteiger partial charge on any atom is 0.273 e. The molecule has 0 spiro atoms. The number of nitrogens with two attached hydrogens (primary N) is 1. The molecule has 0 saturated carbocycles. The molecule has 6 nitrogen and oxygen atoms in total. The van der Waals surface area contributed by atoms with E-state index in [0.717, 1.165) is 24.2 Å². The number of nitriles is 1. The summed E-state index contributed by atoms with van der Waals surface area (Å²) in [5.74, 6) is 0.406. The number of aromatic nitrogens is 2. The first-order valence-electron chi connectivity index (χ1n) is 9.29. The summed E-state index contributed by atoms with van der Waals surface area (Å²) >= 11 is 0.769. The zero-order valence-corrected chi connectivity index (χ0v) is 16.3. The highest BCUT2D eigenvalue weighted by molar-refractivity contribution is 7.19. The summed E-state index contributed by atoms with van der Waals surface area (Å²) in [4.78, 5) is 19.6. The van der Waals surface area contributed by atoms with E-state index in [4.69, 9.17) is 5.73 Å². The van der Waals surface area contributed by atoms with Crippen LogP contribution in [-0.4, -0.2) is 28.7 Å². The summed E-state index contributed by atoms with van der Waals surface area (Å²) in [5, 5.41) is 9.39. The number of hydrogen-bond donors (Lipinski definition) is 1. The molecule has 2 aromatic heterocycles. The molecule has 3 aromatic rings. The van der Waals surface area contributed by atoms with Crippen molar-refractivity contribution in [3.8, 4) is 6.07 Å². The van der Waals surface area contributed by atoms with Gasteiger partial charge in [0.15, 0.2) is 0 Å². The van der Waals surface area contributed by atoms with Crippen LogP contribution in [0.4, 0.5) is 14.7 Å². The fraction of sp³-hybridized carbons (Fsp3) is 0.350. The monoisotopic (exact) mass is 415 g/mol. The zero-order chi connectivity index (χ0) is 20.5. The smallest absolute Gasteiger partial charge is 0.273 e. The van der Waals surface area contributed by atoms with Gasteiger partial charge in [0.2, 0.25) is 5.95 Å². The Labute approximate surface area is 169 Å². The van der Waals surface area contributed by atoms with Gasteiger partial charge in [0, 0.05) is 19.1 Å². The van der Waals surface area contributed by atoms with Gasteiger partial charge in [-0.25, -0.2) is 13.8 Å². The predicted octanol–water partition coefficient (Wildman–Crippen LogP) is 3.24. The Kier molecular flexibility index (Phi) is 5.30. The van der Waals surface area contributed by atoms with Crippen LogP contribution >= 0.6 is 11.3 Å². The van der Waals surface area contributed by atoms with E-state index >= 15 is 0 Å². The normalized spacial score (nSPS) is 17.1. The Morgan fingerprint density at radius 2 is 2.17 bits per heavy atom. The van der Waals surface area contributed by atoms with Crippen LogP contribution in [0.15, 0.2) is 35.1 Å². The van der Waals surface area contributed by atoms with E-state index in [1.807, 2.05) is 4.90 Å². The highest BCUT2D eigenvalue weighted by Gasteiger charge is 2.24. The standard InChI is InChI=1S/C20H19F2N5OS/c21-18(22)16-8-15-17(29-16)19(28)27(10-13-5-2-1-4-12(13)9-23)20(25-15)26-7-3-6-14(24)11-26/h1-2,4-5,8,14,18H,3,6-7,10-11,24H2/t14-/m1/s1. The van der Waals surface area contributed by atoms with Gasteiger partial charge >= 0.3 is 0 Å². The second-order valence-electron chi connectivity index (χ2n) is 7.08. The number of benzene rings is 1. The number of anilines is 1. The molecular formula is C20H19F2N5OS. The van der Waals surface area contributed by atoms with E-state index < -0.39 is 6.43 Å². The number of alkyl halides is 2. The van der Waals surface area contributed by atoms with Crippen LogP contribution in [-0.2, 0) is 6.54 Å². The fourth-order valence-electron chi connectivity index (χ4n) is 3.64. The average Bonchev–Trinajstić information content (AvgIpc) is 3.15. The maximum absolute atomic E-state index is 13.3. The molecule has 1 fully saturated rings. The van der Waals surface area contributed by atoms with Crippen molar-refractivity contribution in [2.24, 2.45) is 5.73 Å². The molecule has 1 aliphatic heterocycles. The minimum atomic E-state index is -2.66. The lowest BCUT2D eigenvalue weighted by atomic mass is 10.1. The number of halogens is 2. The number of rotatable bonds is 4. The number of hydrogen-bond acceptors (Lipinski definition) is 6. The molecule has 3 heterocycles. The average molecular weight is 415 g/mol. The van der Waals surface area contributed by atoms with Crippen molar-refractivity contribution in [2.45, 2.75) is 31.9 Å². The second-order valence-corrected chi connectivity index (χ2v) is 8.17. The first-order valence-corrected chi connectivity index (χ1v) is 10.1. The van der Waals surface area contributed by atoms with Crippen molar-refractivity contribution in [3.05, 3.63) is 56.7 Å². The largest absolute Gasteiger partial charge is 0.341 e. The summed E-state index contributed by atoms with van der Waals surface area (Å²) in [6, 6.07) is 10.4. The number of fused-ring (bicyclic) bond motifs is 1. The van der Waals surface area contributed by atoms with Gasteiger partial charge in [0.25, 0.3) is 12.0 Å². The molecule has 4 rings (SSSR count). The van der Waals surface area contributed by atoms with E-state index in [-0.39, 0.29) is 33.2 Å². The van der Waals surface area contributed by atoms with E-state index in [2.05, 4.69) is 11.1 Å². The molecule has 0 radical (unpaired) electrons. The van der Waals surface area contributed by atoms with Crippen molar-refractivity contribution in [1.29, 1.82) is 5.26 Å². The zero-order valence-electron chi connectivity index (χ0n) is 15.5. The van der Waals surface area contributed by atoms with Crippen LogP contribution in [0.1, 0.15) is 35.3 Å². The van der Waals surface area contributed by atoms with Crippen molar-refractivity contribution >= 4 is 27.5 Å². The number of piperidine rings is 1. The van der Waals surface area contributed by atoms with Crippen molar-refractivity contribution in [1.82, 2.24) is 9.55 Å². The fourth-order valence-corrected chi connectivity index (χ4v) is 4.54. The summed E-state index contributed by atoms with van der Waals surface area (Å²) in [7, 11) is 0. The first kappa shape index (κ1) is 19.5. The predicted molar refractivity (Wildman–Crippen MR) is 109 cm³/mol. The number of thiophene rings is 1. The molecule has 0 bridgehead atoms. The van der Waals surface area contributed by atoms with Crippen LogP contribution in [0.3, 0.4) is 0 Å². The van der Waals surface area contributed by atoms with Gasteiger partial charge in [-0.1, -0.05) is 18.2 Å². The molecule has 1 aliphatic rings. The molecule has 150 valence electrons. The summed E-state index contributed by atoms with van der Waals surface area (Å²) < 4.78 is 28.1. The molecule has 29 heavy (non-hydrogen) atoms. The molecule has 0 aliphatic carbocycles. The SMILES string of the molecule is N#Cc1ccccc1Cn1c(N2CCC[C@@H](N)C2)nc2cc(C(F)F)sc2c1=O. The molecule has 0 amide bonds. The van der Waals surface area contributed by atoms with Gasteiger partial charge in [-0.15, -0.1) is 11.3 Å². The highest BCUT2D eigenvalue weighted by Crippen LogP contribution is 2.31. The van der Waals surface area contributed by atoms with Gasteiger partial charge in [-0.3, -0.25) is 9.36 Å². The lowest BCUT2D eigenvalue weighted by molar-refractivity contribution is 0.156. The van der Waals surface area contributed by atoms with Gasteiger partial charge < -0.3 is 10.6 Å². The first-order chi connectivity index (χ1) is 14.0. The Hall–Kier alpha value is -2.83. The second kappa shape index (κ2) is 7.89. The van der Waals surface area contributed by atoms with E-state index in [1.54, 1.807) is 24.3 Å². The summed E-state index contributed by atoms with van der Waals surface area (Å²) in [6.07, 6.45) is -0.919. The van der Waals surface area contributed by atoms with Crippen LogP contribution < -0.4 is 16.2 Å². The summed E-state index contributed by atoms with van der Waals surface area (Å²) in [5.41, 5.74) is 7.13. The third kappa shape index (κ3) is 3.73. The quantitative estimate of drug-likeness (QED) is 0.707. The van der Waals surface area contributed by atoms with Crippen LogP contribution in [0.5, 0.6) is 0 Å². The van der Waals surface area contributed by atoms with Crippen LogP contribution in [0.25, 0.3) is 10.2 Å².